The van der Waals surface area contributed by atoms with Crippen molar-refractivity contribution in [3.05, 3.63) is 77.4 Å². The summed E-state index contributed by atoms with van der Waals surface area (Å²) in [5.74, 6) is 0.138. The average Bonchev–Trinajstić information content (AvgIpc) is 2.82. The normalized spacial score (nSPS) is 10.8. The van der Waals surface area contributed by atoms with Gasteiger partial charge in [-0.15, -0.1) is 0 Å². The minimum Gasteiger partial charge on any atom is -0.493 e. The summed E-state index contributed by atoms with van der Waals surface area (Å²) >= 11 is 0. The van der Waals surface area contributed by atoms with E-state index in [0.29, 0.717) is 17.1 Å². The summed E-state index contributed by atoms with van der Waals surface area (Å²) in [6.07, 6.45) is 0.262. The minimum absolute atomic E-state index is 0.0389. The molecular formula is C26H27N3O5S. The first-order valence-corrected chi connectivity index (χ1v) is 12.2. The molecule has 1 amide bonds. The van der Waals surface area contributed by atoms with E-state index in [1.165, 1.54) is 32.4 Å². The Morgan fingerprint density at radius 2 is 1.57 bits per heavy atom. The van der Waals surface area contributed by atoms with E-state index in [0.717, 1.165) is 21.0 Å². The number of benzene rings is 3. The highest BCUT2D eigenvalue weighted by Gasteiger charge is 2.28. The van der Waals surface area contributed by atoms with Crippen LogP contribution >= 0.6 is 0 Å². The van der Waals surface area contributed by atoms with Gasteiger partial charge >= 0.3 is 0 Å². The Kier molecular flexibility index (Phi) is 7.99. The SMILES string of the molecule is COc1ccc(S(=O)(=O)N(CC(=O)Nc2ccc(CC#N)cc2)c2cc(C)cc(C)c2)cc1OC. The van der Waals surface area contributed by atoms with Gasteiger partial charge in [-0.1, -0.05) is 18.2 Å². The number of ether oxygens (including phenoxy) is 2. The summed E-state index contributed by atoms with van der Waals surface area (Å²) in [6, 6.07) is 18.5. The number of hydrogen-bond donors (Lipinski definition) is 1. The molecule has 0 unspecified atom stereocenters. The fraction of sp³-hybridized carbons (Fsp3) is 0.231. The third kappa shape index (κ3) is 6.11. The molecule has 3 aromatic carbocycles. The molecule has 9 heteroatoms. The number of hydrogen-bond acceptors (Lipinski definition) is 6. The summed E-state index contributed by atoms with van der Waals surface area (Å²) in [7, 11) is -1.26. The van der Waals surface area contributed by atoms with Crippen molar-refractivity contribution in [1.82, 2.24) is 0 Å². The number of carbonyl (C=O) groups excluding carboxylic acids is 1. The van der Waals surface area contributed by atoms with Crippen molar-refractivity contribution in [3.8, 4) is 17.6 Å². The lowest BCUT2D eigenvalue weighted by atomic mass is 10.1. The third-order valence-corrected chi connectivity index (χ3v) is 7.02. The predicted octanol–water partition coefficient (Wildman–Crippen LogP) is 4.22. The number of methoxy groups -OCH3 is 2. The van der Waals surface area contributed by atoms with Crippen molar-refractivity contribution >= 4 is 27.3 Å². The van der Waals surface area contributed by atoms with Crippen LogP contribution in [0.1, 0.15) is 16.7 Å². The van der Waals surface area contributed by atoms with Gasteiger partial charge in [0, 0.05) is 11.8 Å². The number of carbonyl (C=O) groups is 1. The Balaban J connectivity index is 1.98. The molecule has 35 heavy (non-hydrogen) atoms. The standard InChI is InChI=1S/C26H27N3O5S/c1-18-13-19(2)15-22(14-18)29(17-26(30)28-21-7-5-20(6-8-21)11-12-27)35(31,32)23-9-10-24(33-3)25(16-23)34-4/h5-10,13-16H,11,17H2,1-4H3,(H,28,30). The molecule has 0 fully saturated rings. The molecule has 0 saturated heterocycles. The monoisotopic (exact) mass is 493 g/mol. The average molecular weight is 494 g/mol. The van der Waals surface area contributed by atoms with Crippen LogP contribution < -0.4 is 19.1 Å². The van der Waals surface area contributed by atoms with Gasteiger partial charge in [0.2, 0.25) is 5.91 Å². The molecule has 0 aliphatic rings. The van der Waals surface area contributed by atoms with E-state index in [2.05, 4.69) is 11.4 Å². The molecule has 0 aromatic heterocycles. The van der Waals surface area contributed by atoms with Gasteiger partial charge in [-0.3, -0.25) is 9.10 Å². The summed E-state index contributed by atoms with van der Waals surface area (Å²) in [5.41, 5.74) is 3.41. The molecule has 1 N–H and O–H groups in total. The van der Waals surface area contributed by atoms with Crippen LogP contribution in [0.15, 0.2) is 65.6 Å². The molecule has 0 bridgehead atoms. The number of rotatable bonds is 9. The van der Waals surface area contributed by atoms with Gasteiger partial charge < -0.3 is 14.8 Å². The van der Waals surface area contributed by atoms with Gasteiger partial charge in [-0.25, -0.2) is 8.42 Å². The van der Waals surface area contributed by atoms with E-state index in [9.17, 15) is 13.2 Å². The second-order valence-electron chi connectivity index (χ2n) is 7.95. The summed E-state index contributed by atoms with van der Waals surface area (Å²) in [4.78, 5) is 12.9. The molecule has 0 aliphatic heterocycles. The van der Waals surface area contributed by atoms with Gasteiger partial charge in [0.05, 0.1) is 37.3 Å². The third-order valence-electron chi connectivity index (χ3n) is 5.25. The van der Waals surface area contributed by atoms with E-state index in [1.54, 1.807) is 36.4 Å². The van der Waals surface area contributed by atoms with Crippen LogP contribution in [-0.2, 0) is 21.2 Å². The molecule has 0 atom stereocenters. The van der Waals surface area contributed by atoms with Crippen molar-refractivity contribution in [3.63, 3.8) is 0 Å². The first-order chi connectivity index (χ1) is 16.7. The largest absolute Gasteiger partial charge is 0.493 e. The maximum Gasteiger partial charge on any atom is 0.264 e. The summed E-state index contributed by atoms with van der Waals surface area (Å²) < 4.78 is 39.1. The van der Waals surface area contributed by atoms with Crippen molar-refractivity contribution in [2.75, 3.05) is 30.4 Å². The molecular weight excluding hydrogens is 466 g/mol. The van der Waals surface area contributed by atoms with Crippen LogP contribution in [0.3, 0.4) is 0 Å². The van der Waals surface area contributed by atoms with Gasteiger partial charge in [-0.05, 0) is 66.9 Å². The molecule has 0 saturated carbocycles. The Morgan fingerprint density at radius 1 is 0.943 bits per heavy atom. The second-order valence-corrected chi connectivity index (χ2v) is 9.82. The fourth-order valence-corrected chi connectivity index (χ4v) is 5.06. The van der Waals surface area contributed by atoms with Crippen molar-refractivity contribution in [2.24, 2.45) is 0 Å². The zero-order chi connectivity index (χ0) is 25.6. The number of nitrogens with zero attached hydrogens (tertiary/aromatic N) is 2. The van der Waals surface area contributed by atoms with E-state index >= 15 is 0 Å². The van der Waals surface area contributed by atoms with E-state index in [4.69, 9.17) is 14.7 Å². The van der Waals surface area contributed by atoms with Crippen LogP contribution in [0.4, 0.5) is 11.4 Å². The molecule has 8 nitrogen and oxygen atoms in total. The Bertz CT molecular complexity index is 1340. The highest BCUT2D eigenvalue weighted by Crippen LogP contribution is 2.32. The van der Waals surface area contributed by atoms with Crippen LogP contribution in [0, 0.1) is 25.2 Å². The van der Waals surface area contributed by atoms with Crippen molar-refractivity contribution in [1.29, 1.82) is 5.26 Å². The molecule has 0 aliphatic carbocycles. The summed E-state index contributed by atoms with van der Waals surface area (Å²) in [6.45, 7) is 3.28. The zero-order valence-corrected chi connectivity index (χ0v) is 20.8. The van der Waals surface area contributed by atoms with Gasteiger partial charge in [-0.2, -0.15) is 5.26 Å². The number of aryl methyl sites for hydroxylation is 2. The van der Waals surface area contributed by atoms with Gasteiger partial charge in [0.1, 0.15) is 6.54 Å². The molecule has 182 valence electrons. The van der Waals surface area contributed by atoms with Crippen molar-refractivity contribution < 1.29 is 22.7 Å². The van der Waals surface area contributed by atoms with E-state index in [-0.39, 0.29) is 17.1 Å². The highest BCUT2D eigenvalue weighted by atomic mass is 32.2. The first kappa shape index (κ1) is 25.6. The molecule has 0 spiro atoms. The maximum absolute atomic E-state index is 13.7. The quantitative estimate of drug-likeness (QED) is 0.478. The predicted molar refractivity (Wildman–Crippen MR) is 134 cm³/mol. The lowest BCUT2D eigenvalue weighted by molar-refractivity contribution is -0.114. The highest BCUT2D eigenvalue weighted by molar-refractivity contribution is 7.92. The van der Waals surface area contributed by atoms with Crippen LogP contribution in [0.5, 0.6) is 11.5 Å². The summed E-state index contributed by atoms with van der Waals surface area (Å²) in [5, 5.41) is 11.5. The van der Waals surface area contributed by atoms with Crippen LogP contribution in [0.25, 0.3) is 0 Å². The second kappa shape index (κ2) is 10.9. The molecule has 0 radical (unpaired) electrons. The Hall–Kier alpha value is -4.03. The molecule has 0 heterocycles. The van der Waals surface area contributed by atoms with Gasteiger partial charge in [0.25, 0.3) is 10.0 Å². The van der Waals surface area contributed by atoms with Crippen LogP contribution in [0.2, 0.25) is 0 Å². The van der Waals surface area contributed by atoms with E-state index < -0.39 is 22.5 Å². The first-order valence-electron chi connectivity index (χ1n) is 10.8. The maximum atomic E-state index is 13.7. The number of amides is 1. The number of anilines is 2. The Morgan fingerprint density at radius 3 is 2.14 bits per heavy atom. The smallest absolute Gasteiger partial charge is 0.264 e. The topological polar surface area (TPSA) is 109 Å². The van der Waals surface area contributed by atoms with E-state index in [1.807, 2.05) is 19.9 Å². The van der Waals surface area contributed by atoms with Gasteiger partial charge in [0.15, 0.2) is 11.5 Å². The zero-order valence-electron chi connectivity index (χ0n) is 20.0. The molecule has 3 rings (SSSR count). The molecule has 3 aromatic rings. The number of sulfonamides is 1. The Labute approximate surface area is 205 Å². The lowest BCUT2D eigenvalue weighted by Gasteiger charge is -2.25. The number of nitriles is 1. The minimum atomic E-state index is -4.15. The fourth-order valence-electron chi connectivity index (χ4n) is 3.64. The van der Waals surface area contributed by atoms with Crippen LogP contribution in [-0.4, -0.2) is 35.1 Å². The van der Waals surface area contributed by atoms with Crippen molar-refractivity contribution in [2.45, 2.75) is 25.2 Å². The lowest BCUT2D eigenvalue weighted by Crippen LogP contribution is -2.38. The number of nitrogens with one attached hydrogen (secondary N) is 1.